The maximum Gasteiger partial charge on any atom is 0.156 e. The van der Waals surface area contributed by atoms with Crippen molar-refractivity contribution in [2.75, 3.05) is 13.1 Å². The zero-order valence-corrected chi connectivity index (χ0v) is 7.85. The van der Waals surface area contributed by atoms with E-state index < -0.39 is 0 Å². The number of rotatable bonds is 0. The van der Waals surface area contributed by atoms with Crippen molar-refractivity contribution in [3.8, 4) is 0 Å². The second-order valence-electron chi connectivity index (χ2n) is 3.20. The summed E-state index contributed by atoms with van der Waals surface area (Å²) in [6.45, 7) is 2.05. The number of nitrogens with one attached hydrogen (secondary N) is 1. The molecule has 1 spiro atoms. The summed E-state index contributed by atoms with van der Waals surface area (Å²) in [5, 5.41) is 7.23. The number of piperidine rings is 1. The minimum absolute atomic E-state index is 0.0168. The van der Waals surface area contributed by atoms with E-state index in [2.05, 4.69) is 26.4 Å². The van der Waals surface area contributed by atoms with Crippen molar-refractivity contribution in [3.63, 3.8) is 0 Å². The van der Waals surface area contributed by atoms with Crippen LogP contribution in [0.25, 0.3) is 0 Å². The van der Waals surface area contributed by atoms with Gasteiger partial charge in [0.15, 0.2) is 5.60 Å². The third kappa shape index (κ3) is 1.42. The predicted molar refractivity (Wildman–Crippen MR) is 46.9 cm³/mol. The van der Waals surface area contributed by atoms with Crippen LogP contribution in [0.4, 0.5) is 0 Å². The van der Waals surface area contributed by atoms with E-state index >= 15 is 0 Å². The molecule has 2 aliphatic heterocycles. The van der Waals surface area contributed by atoms with Crippen molar-refractivity contribution in [1.82, 2.24) is 5.32 Å². The van der Waals surface area contributed by atoms with Crippen LogP contribution in [-0.4, -0.2) is 23.3 Å². The Morgan fingerprint density at radius 1 is 1.64 bits per heavy atom. The molecule has 1 saturated heterocycles. The first-order valence-electron chi connectivity index (χ1n) is 3.92. The van der Waals surface area contributed by atoms with Gasteiger partial charge in [0.05, 0.1) is 0 Å². The minimum Gasteiger partial charge on any atom is -0.387 e. The molecule has 3 nitrogen and oxygen atoms in total. The zero-order valence-electron chi connectivity index (χ0n) is 6.27. The molecule has 2 heterocycles. The van der Waals surface area contributed by atoms with Gasteiger partial charge in [-0.05, 0) is 35.3 Å². The van der Waals surface area contributed by atoms with Crippen molar-refractivity contribution >= 4 is 20.6 Å². The van der Waals surface area contributed by atoms with Crippen molar-refractivity contribution in [2.45, 2.75) is 24.9 Å². The van der Waals surface area contributed by atoms with Crippen LogP contribution in [0.1, 0.15) is 19.3 Å². The Morgan fingerprint density at radius 3 is 3.09 bits per heavy atom. The van der Waals surface area contributed by atoms with E-state index in [0.717, 1.165) is 30.6 Å². The Labute approximate surface area is 74.3 Å². The Bertz CT molecular complexity index is 187. The Balaban J connectivity index is 2.01. The third-order valence-corrected chi connectivity index (χ3v) is 2.66. The summed E-state index contributed by atoms with van der Waals surface area (Å²) in [6, 6.07) is 0. The van der Waals surface area contributed by atoms with Gasteiger partial charge in [-0.15, -0.1) is 0 Å². The molecule has 1 atom stereocenters. The molecule has 0 aliphatic carbocycles. The maximum absolute atomic E-state index is 5.37. The predicted octanol–water partition coefficient (Wildman–Crippen LogP) is 1.24. The van der Waals surface area contributed by atoms with Crippen LogP contribution in [0.2, 0.25) is 0 Å². The number of hydrogen-bond donors (Lipinski definition) is 1. The summed E-state index contributed by atoms with van der Waals surface area (Å²) in [6.07, 6.45) is 3.24. The van der Waals surface area contributed by atoms with Crippen LogP contribution < -0.4 is 5.32 Å². The van der Waals surface area contributed by atoms with E-state index in [1.165, 1.54) is 6.42 Å². The summed E-state index contributed by atoms with van der Waals surface area (Å²) in [5.41, 5.74) is -0.0168. The van der Waals surface area contributed by atoms with Crippen LogP contribution >= 0.6 is 15.9 Å². The molecule has 4 heteroatoms. The monoisotopic (exact) mass is 218 g/mol. The summed E-state index contributed by atoms with van der Waals surface area (Å²) >= 11 is 3.35. The molecule has 11 heavy (non-hydrogen) atoms. The molecule has 2 aliphatic rings. The first-order valence-corrected chi connectivity index (χ1v) is 4.71. The van der Waals surface area contributed by atoms with Gasteiger partial charge in [-0.3, -0.25) is 0 Å². The molecule has 0 bridgehead atoms. The fourth-order valence-electron chi connectivity index (χ4n) is 1.65. The zero-order chi connectivity index (χ0) is 7.73. The molecule has 0 amide bonds. The van der Waals surface area contributed by atoms with Gasteiger partial charge >= 0.3 is 0 Å². The average Bonchev–Trinajstić information content (AvgIpc) is 2.34. The number of hydrogen-bond acceptors (Lipinski definition) is 3. The Hall–Kier alpha value is -0.0900. The lowest BCUT2D eigenvalue weighted by atomic mass is 9.92. The van der Waals surface area contributed by atoms with Gasteiger partial charge in [0.25, 0.3) is 0 Å². The van der Waals surface area contributed by atoms with Gasteiger partial charge in [0.2, 0.25) is 0 Å². The SMILES string of the molecule is BrC1=NOC2(CCCNC2)C1. The minimum atomic E-state index is -0.0168. The normalized spacial score (nSPS) is 37.0. The van der Waals surface area contributed by atoms with Crippen molar-refractivity contribution in [2.24, 2.45) is 5.16 Å². The number of nitrogens with zero attached hydrogens (tertiary/aromatic N) is 1. The lowest BCUT2D eigenvalue weighted by Crippen LogP contribution is -2.45. The van der Waals surface area contributed by atoms with E-state index in [9.17, 15) is 0 Å². The summed E-state index contributed by atoms with van der Waals surface area (Å²) in [5.74, 6) is 0. The molecule has 1 N–H and O–H groups in total. The van der Waals surface area contributed by atoms with Crippen LogP contribution in [0.5, 0.6) is 0 Å². The van der Waals surface area contributed by atoms with E-state index in [1.807, 2.05) is 0 Å². The van der Waals surface area contributed by atoms with Gasteiger partial charge in [0, 0.05) is 13.0 Å². The molecule has 0 radical (unpaired) electrons. The molecule has 0 saturated carbocycles. The molecule has 1 unspecified atom stereocenters. The van der Waals surface area contributed by atoms with E-state index in [4.69, 9.17) is 4.84 Å². The van der Waals surface area contributed by atoms with Crippen LogP contribution in [-0.2, 0) is 4.84 Å². The quantitative estimate of drug-likeness (QED) is 0.664. The van der Waals surface area contributed by atoms with Gasteiger partial charge in [0.1, 0.15) is 4.62 Å². The maximum atomic E-state index is 5.37. The number of oxime groups is 1. The fraction of sp³-hybridized carbons (Fsp3) is 0.857. The highest BCUT2D eigenvalue weighted by Crippen LogP contribution is 2.31. The number of halogens is 1. The van der Waals surface area contributed by atoms with Crippen LogP contribution in [0.15, 0.2) is 5.16 Å². The highest BCUT2D eigenvalue weighted by Gasteiger charge is 2.39. The second kappa shape index (κ2) is 2.75. The largest absolute Gasteiger partial charge is 0.387 e. The Morgan fingerprint density at radius 2 is 2.55 bits per heavy atom. The average molecular weight is 219 g/mol. The molecule has 1 fully saturated rings. The summed E-state index contributed by atoms with van der Waals surface area (Å²) in [4.78, 5) is 5.37. The highest BCUT2D eigenvalue weighted by molar-refractivity contribution is 9.18. The first kappa shape index (κ1) is 7.55. The molecule has 0 aromatic carbocycles. The van der Waals surface area contributed by atoms with Crippen molar-refractivity contribution < 1.29 is 4.84 Å². The van der Waals surface area contributed by atoms with Gasteiger partial charge in [-0.25, -0.2) is 0 Å². The second-order valence-corrected chi connectivity index (χ2v) is 4.11. The van der Waals surface area contributed by atoms with Gasteiger partial charge in [-0.2, -0.15) is 0 Å². The van der Waals surface area contributed by atoms with Crippen LogP contribution in [0.3, 0.4) is 0 Å². The standard InChI is InChI=1S/C7H11BrN2O/c8-6-4-7(11-10-6)2-1-3-9-5-7/h9H,1-5H2. The lowest BCUT2D eigenvalue weighted by Gasteiger charge is -2.30. The van der Waals surface area contributed by atoms with Gasteiger partial charge < -0.3 is 10.2 Å². The molecular formula is C7H11BrN2O. The third-order valence-electron chi connectivity index (χ3n) is 2.24. The molecule has 62 valence electrons. The van der Waals surface area contributed by atoms with E-state index in [-0.39, 0.29) is 5.60 Å². The molecule has 0 aromatic heterocycles. The van der Waals surface area contributed by atoms with Crippen LogP contribution in [0, 0.1) is 0 Å². The fourth-order valence-corrected chi connectivity index (χ4v) is 2.23. The summed E-state index contributed by atoms with van der Waals surface area (Å²) in [7, 11) is 0. The summed E-state index contributed by atoms with van der Waals surface area (Å²) < 4.78 is 0.946. The highest BCUT2D eigenvalue weighted by atomic mass is 79.9. The smallest absolute Gasteiger partial charge is 0.156 e. The van der Waals surface area contributed by atoms with E-state index in [1.54, 1.807) is 0 Å². The first-order chi connectivity index (χ1) is 5.31. The van der Waals surface area contributed by atoms with Crippen molar-refractivity contribution in [3.05, 3.63) is 0 Å². The van der Waals surface area contributed by atoms with E-state index in [0.29, 0.717) is 0 Å². The van der Waals surface area contributed by atoms with Crippen molar-refractivity contribution in [1.29, 1.82) is 0 Å². The molecular weight excluding hydrogens is 208 g/mol. The van der Waals surface area contributed by atoms with Gasteiger partial charge in [-0.1, -0.05) is 5.16 Å². The molecule has 0 aromatic rings. The molecule has 2 rings (SSSR count). The topological polar surface area (TPSA) is 33.6 Å². The lowest BCUT2D eigenvalue weighted by molar-refractivity contribution is -0.0347. The Kier molecular flexibility index (Phi) is 1.89.